The number of aromatic nitrogens is 4. The maximum absolute atomic E-state index is 12.8. The van der Waals surface area contributed by atoms with Gasteiger partial charge in [0.2, 0.25) is 5.91 Å². The molecule has 1 aliphatic rings. The Hall–Kier alpha value is -2.96. The number of nitrogens with zero attached hydrogens (tertiary/aromatic N) is 6. The van der Waals surface area contributed by atoms with Crippen molar-refractivity contribution in [3.8, 4) is 5.69 Å². The minimum Gasteiger partial charge on any atom is -0.355 e. The second-order valence-corrected chi connectivity index (χ2v) is 7.12. The summed E-state index contributed by atoms with van der Waals surface area (Å²) in [6.45, 7) is 7.17. The molecular weight excluding hydrogens is 352 g/mol. The summed E-state index contributed by atoms with van der Waals surface area (Å²) >= 11 is 0. The van der Waals surface area contributed by atoms with Crippen molar-refractivity contribution in [3.05, 3.63) is 42.9 Å². The van der Waals surface area contributed by atoms with Crippen molar-refractivity contribution in [2.45, 2.75) is 26.7 Å². The maximum atomic E-state index is 12.8. The van der Waals surface area contributed by atoms with Gasteiger partial charge in [0.25, 0.3) is 0 Å². The zero-order chi connectivity index (χ0) is 19.5. The molecular formula is C21H26N6O. The number of carbonyl (C=O) groups excluding carboxylic acids is 1. The van der Waals surface area contributed by atoms with Crippen LogP contribution in [0.5, 0.6) is 0 Å². The third-order valence-electron chi connectivity index (χ3n) is 5.49. The first-order valence-electron chi connectivity index (χ1n) is 10.0. The Morgan fingerprint density at radius 3 is 2.71 bits per heavy atom. The molecule has 0 N–H and O–H groups in total. The van der Waals surface area contributed by atoms with Gasteiger partial charge in [0.05, 0.1) is 23.2 Å². The van der Waals surface area contributed by atoms with Crippen molar-refractivity contribution in [1.29, 1.82) is 0 Å². The second-order valence-electron chi connectivity index (χ2n) is 7.12. The van der Waals surface area contributed by atoms with Crippen molar-refractivity contribution in [1.82, 2.24) is 24.6 Å². The molecule has 0 saturated carbocycles. The Morgan fingerprint density at radius 1 is 1.18 bits per heavy atom. The molecule has 1 fully saturated rings. The van der Waals surface area contributed by atoms with Crippen molar-refractivity contribution < 1.29 is 4.79 Å². The van der Waals surface area contributed by atoms with E-state index in [1.54, 1.807) is 6.33 Å². The van der Waals surface area contributed by atoms with E-state index in [4.69, 9.17) is 0 Å². The summed E-state index contributed by atoms with van der Waals surface area (Å²) in [5.74, 6) is 1.13. The molecule has 7 heteroatoms. The molecule has 1 aliphatic heterocycles. The molecule has 28 heavy (non-hydrogen) atoms. The summed E-state index contributed by atoms with van der Waals surface area (Å²) in [6, 6.07) is 9.97. The predicted octanol–water partition coefficient (Wildman–Crippen LogP) is 2.90. The fourth-order valence-corrected chi connectivity index (χ4v) is 4.01. The monoisotopic (exact) mass is 378 g/mol. The van der Waals surface area contributed by atoms with Crippen LogP contribution in [0.2, 0.25) is 0 Å². The van der Waals surface area contributed by atoms with E-state index < -0.39 is 0 Å². The van der Waals surface area contributed by atoms with E-state index in [0.29, 0.717) is 6.54 Å². The van der Waals surface area contributed by atoms with E-state index in [9.17, 15) is 4.79 Å². The van der Waals surface area contributed by atoms with Gasteiger partial charge in [-0.15, -0.1) is 0 Å². The molecule has 1 unspecified atom stereocenters. The van der Waals surface area contributed by atoms with Gasteiger partial charge in [-0.1, -0.05) is 18.2 Å². The van der Waals surface area contributed by atoms with Crippen molar-refractivity contribution in [2.24, 2.45) is 5.92 Å². The Kier molecular flexibility index (Phi) is 5.23. The van der Waals surface area contributed by atoms with E-state index in [1.165, 1.54) is 0 Å². The van der Waals surface area contributed by atoms with E-state index in [0.717, 1.165) is 55.0 Å². The third kappa shape index (κ3) is 3.32. The van der Waals surface area contributed by atoms with Crippen LogP contribution in [0.3, 0.4) is 0 Å². The van der Waals surface area contributed by atoms with Gasteiger partial charge in [0.1, 0.15) is 12.1 Å². The first-order chi connectivity index (χ1) is 13.7. The zero-order valence-corrected chi connectivity index (χ0v) is 16.5. The highest BCUT2D eigenvalue weighted by Gasteiger charge is 2.30. The fourth-order valence-electron chi connectivity index (χ4n) is 4.01. The smallest absolute Gasteiger partial charge is 0.227 e. The summed E-state index contributed by atoms with van der Waals surface area (Å²) in [7, 11) is 0. The SMILES string of the molecule is CCN(CC)C(=O)C1CCCN(c2ncnc3c2cnn3-c2ccccc2)C1. The summed E-state index contributed by atoms with van der Waals surface area (Å²) < 4.78 is 1.84. The molecule has 0 radical (unpaired) electrons. The van der Waals surface area contributed by atoms with E-state index in [-0.39, 0.29) is 11.8 Å². The second kappa shape index (κ2) is 7.96. The van der Waals surface area contributed by atoms with Crippen LogP contribution in [-0.2, 0) is 4.79 Å². The van der Waals surface area contributed by atoms with Crippen LogP contribution < -0.4 is 4.90 Å². The lowest BCUT2D eigenvalue weighted by atomic mass is 9.96. The summed E-state index contributed by atoms with van der Waals surface area (Å²) in [6.07, 6.45) is 5.33. The van der Waals surface area contributed by atoms with Crippen LogP contribution in [0.1, 0.15) is 26.7 Å². The molecule has 1 aromatic carbocycles. The summed E-state index contributed by atoms with van der Waals surface area (Å²) in [5, 5.41) is 5.46. The normalized spacial score (nSPS) is 17.1. The first-order valence-corrected chi connectivity index (χ1v) is 10.0. The maximum Gasteiger partial charge on any atom is 0.227 e. The quantitative estimate of drug-likeness (QED) is 0.683. The Bertz CT molecular complexity index is 950. The van der Waals surface area contributed by atoms with Crippen LogP contribution in [0.4, 0.5) is 5.82 Å². The van der Waals surface area contributed by atoms with Crippen LogP contribution >= 0.6 is 0 Å². The standard InChI is InChI=1S/C21H26N6O/c1-3-25(4-2)21(28)16-9-8-12-26(14-16)19-18-13-24-27(20(18)23-15-22-19)17-10-6-5-7-11-17/h5-7,10-11,13,15-16H,3-4,8-9,12,14H2,1-2H3. The topological polar surface area (TPSA) is 67.2 Å². The van der Waals surface area contributed by atoms with Gasteiger partial charge >= 0.3 is 0 Å². The van der Waals surface area contributed by atoms with Gasteiger partial charge in [-0.3, -0.25) is 4.79 Å². The number of fused-ring (bicyclic) bond motifs is 1. The molecule has 1 saturated heterocycles. The van der Waals surface area contributed by atoms with Gasteiger partial charge in [-0.25, -0.2) is 14.6 Å². The number of rotatable bonds is 5. The fraction of sp³-hybridized carbons (Fsp3) is 0.429. The largest absolute Gasteiger partial charge is 0.355 e. The molecule has 146 valence electrons. The van der Waals surface area contributed by atoms with Gasteiger partial charge in [-0.2, -0.15) is 5.10 Å². The van der Waals surface area contributed by atoms with Crippen molar-refractivity contribution in [3.63, 3.8) is 0 Å². The molecule has 0 spiro atoms. The number of para-hydroxylation sites is 1. The number of carbonyl (C=O) groups is 1. The molecule has 2 aromatic heterocycles. The van der Waals surface area contributed by atoms with E-state index >= 15 is 0 Å². The van der Waals surface area contributed by atoms with E-state index in [1.807, 2.05) is 60.0 Å². The molecule has 7 nitrogen and oxygen atoms in total. The lowest BCUT2D eigenvalue weighted by Crippen LogP contribution is -2.45. The van der Waals surface area contributed by atoms with Gasteiger partial charge in [0, 0.05) is 26.2 Å². The van der Waals surface area contributed by atoms with Crippen LogP contribution in [0.25, 0.3) is 16.7 Å². The number of piperidine rings is 1. The van der Waals surface area contributed by atoms with Crippen molar-refractivity contribution >= 4 is 22.8 Å². The first kappa shape index (κ1) is 18.4. The number of hydrogen-bond acceptors (Lipinski definition) is 5. The molecule has 0 aliphatic carbocycles. The minimum absolute atomic E-state index is 0.0165. The Labute approximate surface area is 165 Å². The summed E-state index contributed by atoms with van der Waals surface area (Å²) in [5.41, 5.74) is 1.75. The molecule has 3 aromatic rings. The van der Waals surface area contributed by atoms with Gasteiger partial charge in [-0.05, 0) is 38.8 Å². The van der Waals surface area contributed by atoms with Gasteiger partial charge < -0.3 is 9.80 Å². The zero-order valence-electron chi connectivity index (χ0n) is 16.5. The average Bonchev–Trinajstić information content (AvgIpc) is 3.19. The third-order valence-corrected chi connectivity index (χ3v) is 5.49. The van der Waals surface area contributed by atoms with Crippen LogP contribution in [-0.4, -0.2) is 56.7 Å². The van der Waals surface area contributed by atoms with Crippen molar-refractivity contribution in [2.75, 3.05) is 31.1 Å². The lowest BCUT2D eigenvalue weighted by molar-refractivity contribution is -0.135. The van der Waals surface area contributed by atoms with E-state index in [2.05, 4.69) is 20.0 Å². The average molecular weight is 378 g/mol. The highest BCUT2D eigenvalue weighted by Crippen LogP contribution is 2.29. The van der Waals surface area contributed by atoms with Gasteiger partial charge in [0.15, 0.2) is 5.65 Å². The van der Waals surface area contributed by atoms with Crippen LogP contribution in [0, 0.1) is 5.92 Å². The predicted molar refractivity (Wildman–Crippen MR) is 110 cm³/mol. The lowest BCUT2D eigenvalue weighted by Gasteiger charge is -2.35. The number of benzene rings is 1. The molecule has 3 heterocycles. The minimum atomic E-state index is 0.0165. The highest BCUT2D eigenvalue weighted by molar-refractivity contribution is 5.88. The molecule has 1 amide bonds. The summed E-state index contributed by atoms with van der Waals surface area (Å²) in [4.78, 5) is 26.0. The molecule has 1 atom stereocenters. The molecule has 0 bridgehead atoms. The Morgan fingerprint density at radius 2 is 1.96 bits per heavy atom. The Balaban J connectivity index is 1.64. The number of anilines is 1. The highest BCUT2D eigenvalue weighted by atomic mass is 16.2. The number of hydrogen-bond donors (Lipinski definition) is 0. The van der Waals surface area contributed by atoms with Crippen LogP contribution in [0.15, 0.2) is 42.9 Å². The molecule has 4 rings (SSSR count). The number of amides is 1.